The Morgan fingerprint density at radius 2 is 1.93 bits per heavy atom. The number of carbonyl (C=O) groups excluding carboxylic acids is 1. The van der Waals surface area contributed by atoms with Gasteiger partial charge in [0, 0.05) is 24.1 Å². The Morgan fingerprint density at radius 3 is 2.70 bits per heavy atom. The van der Waals surface area contributed by atoms with Gasteiger partial charge in [-0.2, -0.15) is 0 Å². The van der Waals surface area contributed by atoms with Crippen LogP contribution in [-0.2, 0) is 17.8 Å². The van der Waals surface area contributed by atoms with Crippen LogP contribution in [0.25, 0.3) is 5.65 Å². The van der Waals surface area contributed by atoms with Crippen LogP contribution < -0.4 is 14.8 Å². The quantitative estimate of drug-likeness (QED) is 0.499. The lowest BCUT2D eigenvalue weighted by Gasteiger charge is -2.12. The second-order valence-electron chi connectivity index (χ2n) is 6.70. The van der Waals surface area contributed by atoms with Gasteiger partial charge in [-0.1, -0.05) is 18.2 Å². The monoisotopic (exact) mass is 405 g/mol. The zero-order valence-corrected chi connectivity index (χ0v) is 16.3. The van der Waals surface area contributed by atoms with Crippen LogP contribution in [0.2, 0.25) is 0 Å². The number of anilines is 1. The van der Waals surface area contributed by atoms with Crippen molar-refractivity contribution in [3.8, 4) is 11.5 Å². The summed E-state index contributed by atoms with van der Waals surface area (Å²) in [7, 11) is 1.56. The molecule has 0 unspecified atom stereocenters. The molecule has 6 nitrogen and oxygen atoms in total. The van der Waals surface area contributed by atoms with E-state index in [9.17, 15) is 9.18 Å². The van der Waals surface area contributed by atoms with Crippen LogP contribution >= 0.6 is 0 Å². The van der Waals surface area contributed by atoms with Gasteiger partial charge < -0.3 is 19.2 Å². The lowest BCUT2D eigenvalue weighted by molar-refractivity contribution is -0.115. The third-order valence-corrected chi connectivity index (χ3v) is 4.51. The maximum absolute atomic E-state index is 13.0. The topological polar surface area (TPSA) is 64.9 Å². The van der Waals surface area contributed by atoms with Crippen molar-refractivity contribution in [1.29, 1.82) is 0 Å². The van der Waals surface area contributed by atoms with Gasteiger partial charge in [0.15, 0.2) is 11.5 Å². The molecule has 0 bridgehead atoms. The highest BCUT2D eigenvalue weighted by molar-refractivity contribution is 5.92. The Morgan fingerprint density at radius 1 is 1.10 bits per heavy atom. The molecule has 4 rings (SSSR count). The van der Waals surface area contributed by atoms with Crippen LogP contribution in [0, 0.1) is 5.82 Å². The SMILES string of the molecule is COc1ccc(NC(=O)Cc2ccc(F)cc2)cc1OCc1cn2ccccc2n1. The fourth-order valence-electron chi connectivity index (χ4n) is 3.07. The van der Waals surface area contributed by atoms with Crippen LogP contribution in [0.4, 0.5) is 10.1 Å². The molecule has 0 radical (unpaired) electrons. The molecule has 0 saturated carbocycles. The molecule has 1 N–H and O–H groups in total. The molecule has 30 heavy (non-hydrogen) atoms. The highest BCUT2D eigenvalue weighted by Crippen LogP contribution is 2.31. The van der Waals surface area contributed by atoms with Crippen molar-refractivity contribution in [2.75, 3.05) is 12.4 Å². The predicted octanol–water partition coefficient (Wildman–Crippen LogP) is 4.24. The number of amides is 1. The number of methoxy groups -OCH3 is 1. The summed E-state index contributed by atoms with van der Waals surface area (Å²) in [4.78, 5) is 16.8. The van der Waals surface area contributed by atoms with Gasteiger partial charge in [-0.05, 0) is 42.0 Å². The molecule has 0 saturated heterocycles. The average Bonchev–Trinajstić information content (AvgIpc) is 3.17. The number of imidazole rings is 1. The summed E-state index contributed by atoms with van der Waals surface area (Å²) in [6.45, 7) is 0.255. The van der Waals surface area contributed by atoms with Gasteiger partial charge in [0.1, 0.15) is 18.1 Å². The molecule has 1 amide bonds. The first-order valence-electron chi connectivity index (χ1n) is 9.38. The highest BCUT2D eigenvalue weighted by Gasteiger charge is 2.11. The number of pyridine rings is 1. The van der Waals surface area contributed by atoms with E-state index in [0.29, 0.717) is 17.2 Å². The van der Waals surface area contributed by atoms with E-state index in [1.807, 2.05) is 35.0 Å². The van der Waals surface area contributed by atoms with Crippen molar-refractivity contribution < 1.29 is 18.7 Å². The van der Waals surface area contributed by atoms with Gasteiger partial charge in [0.2, 0.25) is 5.91 Å². The highest BCUT2D eigenvalue weighted by atomic mass is 19.1. The van der Waals surface area contributed by atoms with Gasteiger partial charge >= 0.3 is 0 Å². The molecule has 152 valence electrons. The number of rotatable bonds is 7. The van der Waals surface area contributed by atoms with E-state index in [4.69, 9.17) is 9.47 Å². The first-order chi connectivity index (χ1) is 14.6. The van der Waals surface area contributed by atoms with E-state index < -0.39 is 0 Å². The third-order valence-electron chi connectivity index (χ3n) is 4.51. The van der Waals surface area contributed by atoms with Gasteiger partial charge in [-0.3, -0.25) is 4.79 Å². The summed E-state index contributed by atoms with van der Waals surface area (Å²) in [5.74, 6) is 0.504. The minimum absolute atomic E-state index is 0.143. The Bertz CT molecular complexity index is 1140. The molecule has 2 aromatic carbocycles. The fourth-order valence-corrected chi connectivity index (χ4v) is 3.07. The third kappa shape index (κ3) is 4.57. The summed E-state index contributed by atoms with van der Waals surface area (Å²) in [5, 5.41) is 2.83. The second kappa shape index (κ2) is 8.65. The summed E-state index contributed by atoms with van der Waals surface area (Å²) < 4.78 is 26.2. The smallest absolute Gasteiger partial charge is 0.228 e. The van der Waals surface area contributed by atoms with Gasteiger partial charge in [-0.25, -0.2) is 9.37 Å². The molecule has 0 aliphatic carbocycles. The van der Waals surface area contributed by atoms with Crippen molar-refractivity contribution in [2.45, 2.75) is 13.0 Å². The molecule has 4 aromatic rings. The molecule has 0 aliphatic rings. The summed E-state index contributed by atoms with van der Waals surface area (Å²) in [5.41, 5.74) is 2.91. The maximum Gasteiger partial charge on any atom is 0.228 e. The summed E-state index contributed by atoms with van der Waals surface area (Å²) in [6, 6.07) is 16.8. The second-order valence-corrected chi connectivity index (χ2v) is 6.70. The molecule has 2 aromatic heterocycles. The number of carbonyl (C=O) groups is 1. The Balaban J connectivity index is 1.44. The molecular formula is C23H20FN3O3. The van der Waals surface area contributed by atoms with E-state index in [1.54, 1.807) is 37.4 Å². The number of ether oxygens (including phenoxy) is 2. The first kappa shape index (κ1) is 19.4. The van der Waals surface area contributed by atoms with E-state index in [0.717, 1.165) is 16.9 Å². The van der Waals surface area contributed by atoms with Crippen LogP contribution in [0.5, 0.6) is 11.5 Å². The van der Waals surface area contributed by atoms with E-state index >= 15 is 0 Å². The Hall–Kier alpha value is -3.87. The van der Waals surface area contributed by atoms with E-state index in [2.05, 4.69) is 10.3 Å². The van der Waals surface area contributed by atoms with E-state index in [1.165, 1.54) is 12.1 Å². The van der Waals surface area contributed by atoms with Crippen LogP contribution in [-0.4, -0.2) is 22.4 Å². The summed E-state index contributed by atoms with van der Waals surface area (Å²) >= 11 is 0. The number of hydrogen-bond donors (Lipinski definition) is 1. The van der Waals surface area contributed by atoms with Crippen molar-refractivity contribution >= 4 is 17.2 Å². The number of hydrogen-bond acceptors (Lipinski definition) is 4. The van der Waals surface area contributed by atoms with Gasteiger partial charge in [0.05, 0.1) is 19.2 Å². The predicted molar refractivity (Wildman–Crippen MR) is 111 cm³/mol. The zero-order chi connectivity index (χ0) is 20.9. The van der Waals surface area contributed by atoms with Crippen LogP contribution in [0.1, 0.15) is 11.3 Å². The standard InChI is InChI=1S/C23H20FN3O3/c1-29-20-10-9-18(26-23(28)12-16-5-7-17(24)8-6-16)13-21(20)30-15-19-14-27-11-3-2-4-22(27)25-19/h2-11,13-14H,12,15H2,1H3,(H,26,28). The minimum atomic E-state index is -0.332. The number of benzene rings is 2. The van der Waals surface area contributed by atoms with Crippen molar-refractivity contribution in [2.24, 2.45) is 0 Å². The maximum atomic E-state index is 13.0. The average molecular weight is 405 g/mol. The Kier molecular flexibility index (Phi) is 5.61. The number of aromatic nitrogens is 2. The fraction of sp³-hybridized carbons (Fsp3) is 0.130. The molecule has 7 heteroatoms. The van der Waals surface area contributed by atoms with Crippen LogP contribution in [0.15, 0.2) is 73.1 Å². The summed E-state index contributed by atoms with van der Waals surface area (Å²) in [6.07, 6.45) is 3.96. The lowest BCUT2D eigenvalue weighted by atomic mass is 10.1. The molecule has 2 heterocycles. The van der Waals surface area contributed by atoms with Gasteiger partial charge in [-0.15, -0.1) is 0 Å². The molecule has 0 atom stereocenters. The number of nitrogens with zero attached hydrogens (tertiary/aromatic N) is 2. The lowest BCUT2D eigenvalue weighted by Crippen LogP contribution is -2.14. The van der Waals surface area contributed by atoms with Gasteiger partial charge in [0.25, 0.3) is 0 Å². The number of fused-ring (bicyclic) bond motifs is 1. The normalized spacial score (nSPS) is 10.7. The number of nitrogens with one attached hydrogen (secondary N) is 1. The zero-order valence-electron chi connectivity index (χ0n) is 16.3. The van der Waals surface area contributed by atoms with Crippen molar-refractivity contribution in [1.82, 2.24) is 9.38 Å². The molecule has 0 aliphatic heterocycles. The molecule has 0 fully saturated rings. The number of halogens is 1. The van der Waals surface area contributed by atoms with E-state index in [-0.39, 0.29) is 24.8 Å². The minimum Gasteiger partial charge on any atom is -0.493 e. The largest absolute Gasteiger partial charge is 0.493 e. The Labute approximate surface area is 172 Å². The van der Waals surface area contributed by atoms with Crippen molar-refractivity contribution in [3.63, 3.8) is 0 Å². The molecular weight excluding hydrogens is 385 g/mol. The van der Waals surface area contributed by atoms with Crippen molar-refractivity contribution in [3.05, 3.63) is 90.1 Å². The van der Waals surface area contributed by atoms with Crippen LogP contribution in [0.3, 0.4) is 0 Å². The first-order valence-corrected chi connectivity index (χ1v) is 9.38. The molecule has 0 spiro atoms.